The van der Waals surface area contributed by atoms with Crippen LogP contribution < -0.4 is 5.32 Å². The van der Waals surface area contributed by atoms with Crippen LogP contribution >= 0.6 is 11.3 Å². The highest BCUT2D eigenvalue weighted by Gasteiger charge is 2.14. The Labute approximate surface area is 108 Å². The quantitative estimate of drug-likeness (QED) is 0.855. The number of aryl methyl sites for hydroxylation is 2. The highest BCUT2D eigenvalue weighted by molar-refractivity contribution is 7.14. The molecule has 2 rings (SSSR count). The van der Waals surface area contributed by atoms with E-state index in [1.54, 1.807) is 30.2 Å². The molecule has 0 radical (unpaired) electrons. The fourth-order valence-electron chi connectivity index (χ4n) is 1.48. The monoisotopic (exact) mass is 264 g/mol. The van der Waals surface area contributed by atoms with Crippen molar-refractivity contribution in [2.75, 3.05) is 5.32 Å². The van der Waals surface area contributed by atoms with E-state index in [0.717, 1.165) is 0 Å². The number of anilines is 1. The molecule has 1 amide bonds. The minimum absolute atomic E-state index is 0.121. The summed E-state index contributed by atoms with van der Waals surface area (Å²) in [5.74, 6) is -0.394. The van der Waals surface area contributed by atoms with Crippen LogP contribution in [0.2, 0.25) is 0 Å². The van der Waals surface area contributed by atoms with E-state index in [1.165, 1.54) is 18.3 Å². The summed E-state index contributed by atoms with van der Waals surface area (Å²) < 4.78 is 1.58. The summed E-state index contributed by atoms with van der Waals surface area (Å²) in [5, 5.41) is 8.77. The molecule has 18 heavy (non-hydrogen) atoms. The first kappa shape index (κ1) is 12.4. The van der Waals surface area contributed by atoms with Crippen LogP contribution in [0.3, 0.4) is 0 Å². The van der Waals surface area contributed by atoms with Crippen LogP contribution in [0.15, 0.2) is 11.6 Å². The second-order valence-electron chi connectivity index (χ2n) is 3.85. The van der Waals surface area contributed by atoms with Gasteiger partial charge in [0, 0.05) is 25.5 Å². The van der Waals surface area contributed by atoms with Crippen molar-refractivity contribution in [3.63, 3.8) is 0 Å². The summed E-state index contributed by atoms with van der Waals surface area (Å²) in [6.07, 6.45) is 1.64. The minimum atomic E-state index is -0.273. The average Bonchev–Trinajstić information content (AvgIpc) is 2.85. The van der Waals surface area contributed by atoms with Crippen molar-refractivity contribution < 1.29 is 9.59 Å². The molecule has 7 heteroatoms. The first-order valence-electron chi connectivity index (χ1n) is 5.25. The van der Waals surface area contributed by atoms with Crippen molar-refractivity contribution in [3.8, 4) is 0 Å². The standard InChI is InChI=1S/C11H12N4O2S/c1-6-8(4-15(3)14-6)10(17)13-11-12-9(5-18-11)7(2)16/h4-5H,1-3H3,(H,12,13,17). The Morgan fingerprint density at radius 2 is 2.17 bits per heavy atom. The lowest BCUT2D eigenvalue weighted by atomic mass is 10.2. The van der Waals surface area contributed by atoms with Gasteiger partial charge in [0.15, 0.2) is 10.9 Å². The molecule has 0 bridgehead atoms. The van der Waals surface area contributed by atoms with Crippen molar-refractivity contribution in [2.24, 2.45) is 7.05 Å². The van der Waals surface area contributed by atoms with Crippen LogP contribution in [-0.2, 0) is 7.05 Å². The maximum atomic E-state index is 11.9. The first-order chi connectivity index (χ1) is 8.47. The van der Waals surface area contributed by atoms with Crippen LogP contribution in [0.4, 0.5) is 5.13 Å². The summed E-state index contributed by atoms with van der Waals surface area (Å²) >= 11 is 1.22. The molecule has 0 fully saturated rings. The Bertz CT molecular complexity index is 614. The molecule has 2 aromatic heterocycles. The zero-order chi connectivity index (χ0) is 13.3. The lowest BCUT2D eigenvalue weighted by Crippen LogP contribution is -2.12. The zero-order valence-corrected chi connectivity index (χ0v) is 11.0. The van der Waals surface area contributed by atoms with Crippen LogP contribution in [0.5, 0.6) is 0 Å². The molecule has 0 spiro atoms. The maximum Gasteiger partial charge on any atom is 0.260 e. The molecule has 2 heterocycles. The Balaban J connectivity index is 2.16. The molecule has 0 aliphatic rings. The minimum Gasteiger partial charge on any atom is -0.298 e. The summed E-state index contributed by atoms with van der Waals surface area (Å²) in [4.78, 5) is 27.1. The van der Waals surface area contributed by atoms with Gasteiger partial charge >= 0.3 is 0 Å². The number of amides is 1. The zero-order valence-electron chi connectivity index (χ0n) is 10.2. The van der Waals surface area contributed by atoms with E-state index in [4.69, 9.17) is 0 Å². The Kier molecular flexibility index (Phi) is 3.24. The molecule has 1 N–H and O–H groups in total. The SMILES string of the molecule is CC(=O)c1csc(NC(=O)c2cn(C)nc2C)n1. The number of hydrogen-bond acceptors (Lipinski definition) is 5. The summed E-state index contributed by atoms with van der Waals surface area (Å²) in [7, 11) is 1.75. The Hall–Kier alpha value is -2.02. The second kappa shape index (κ2) is 4.69. The van der Waals surface area contributed by atoms with E-state index >= 15 is 0 Å². The van der Waals surface area contributed by atoms with Gasteiger partial charge in [0.1, 0.15) is 5.69 Å². The molecule has 94 valence electrons. The van der Waals surface area contributed by atoms with Gasteiger partial charge in [-0.1, -0.05) is 0 Å². The van der Waals surface area contributed by atoms with Gasteiger partial charge in [-0.25, -0.2) is 4.98 Å². The molecule has 6 nitrogen and oxygen atoms in total. The van der Waals surface area contributed by atoms with E-state index in [-0.39, 0.29) is 11.7 Å². The number of carbonyl (C=O) groups excluding carboxylic acids is 2. The van der Waals surface area contributed by atoms with Crippen LogP contribution in [0.1, 0.15) is 33.5 Å². The molecule has 0 atom stereocenters. The summed E-state index contributed by atoms with van der Waals surface area (Å²) in [6, 6.07) is 0. The van der Waals surface area contributed by atoms with Crippen LogP contribution in [-0.4, -0.2) is 26.5 Å². The van der Waals surface area contributed by atoms with E-state index in [9.17, 15) is 9.59 Å². The number of nitrogens with one attached hydrogen (secondary N) is 1. The van der Waals surface area contributed by atoms with Crippen molar-refractivity contribution in [2.45, 2.75) is 13.8 Å². The lowest BCUT2D eigenvalue weighted by Gasteiger charge is -1.98. The van der Waals surface area contributed by atoms with Gasteiger partial charge < -0.3 is 0 Å². The number of aromatic nitrogens is 3. The number of Topliss-reactive ketones (excluding diaryl/α,β-unsaturated/α-hetero) is 1. The number of hydrogen-bond donors (Lipinski definition) is 1. The third-order valence-electron chi connectivity index (χ3n) is 2.34. The van der Waals surface area contributed by atoms with Crippen molar-refractivity contribution in [3.05, 3.63) is 28.5 Å². The van der Waals surface area contributed by atoms with Crippen molar-refractivity contribution >= 4 is 28.2 Å². The van der Waals surface area contributed by atoms with Crippen LogP contribution in [0.25, 0.3) is 0 Å². The number of ketones is 1. The van der Waals surface area contributed by atoms with Crippen molar-refractivity contribution in [1.82, 2.24) is 14.8 Å². The maximum absolute atomic E-state index is 11.9. The van der Waals surface area contributed by atoms with Gasteiger partial charge in [-0.05, 0) is 6.92 Å². The van der Waals surface area contributed by atoms with Gasteiger partial charge in [-0.3, -0.25) is 19.6 Å². The van der Waals surface area contributed by atoms with Crippen molar-refractivity contribution in [1.29, 1.82) is 0 Å². The van der Waals surface area contributed by atoms with E-state index in [1.807, 2.05) is 0 Å². The fourth-order valence-corrected chi connectivity index (χ4v) is 2.22. The molecule has 2 aromatic rings. The molecule has 0 saturated heterocycles. The van der Waals surface area contributed by atoms with Gasteiger partial charge in [-0.2, -0.15) is 5.10 Å². The van der Waals surface area contributed by atoms with E-state index in [2.05, 4.69) is 15.4 Å². The second-order valence-corrected chi connectivity index (χ2v) is 4.71. The van der Waals surface area contributed by atoms with Gasteiger partial charge in [0.25, 0.3) is 5.91 Å². The molecular weight excluding hydrogens is 252 g/mol. The third-order valence-corrected chi connectivity index (χ3v) is 3.10. The molecule has 0 unspecified atom stereocenters. The molecule has 0 aliphatic heterocycles. The predicted molar refractivity (Wildman–Crippen MR) is 68.0 cm³/mol. The summed E-state index contributed by atoms with van der Waals surface area (Å²) in [5.41, 5.74) is 1.51. The number of thiazole rings is 1. The Morgan fingerprint density at radius 3 is 2.67 bits per heavy atom. The highest BCUT2D eigenvalue weighted by atomic mass is 32.1. The number of nitrogens with zero attached hydrogens (tertiary/aromatic N) is 3. The van der Waals surface area contributed by atoms with Gasteiger partial charge in [0.05, 0.1) is 11.3 Å². The van der Waals surface area contributed by atoms with Gasteiger partial charge in [-0.15, -0.1) is 11.3 Å². The van der Waals surface area contributed by atoms with Crippen LogP contribution in [0, 0.1) is 6.92 Å². The smallest absolute Gasteiger partial charge is 0.260 e. The number of carbonyl (C=O) groups is 2. The molecular formula is C11H12N4O2S. The van der Waals surface area contributed by atoms with E-state index < -0.39 is 0 Å². The fraction of sp³-hybridized carbons (Fsp3) is 0.273. The normalized spacial score (nSPS) is 10.4. The first-order valence-corrected chi connectivity index (χ1v) is 6.13. The lowest BCUT2D eigenvalue weighted by molar-refractivity contribution is 0.100. The molecule has 0 aromatic carbocycles. The summed E-state index contributed by atoms with van der Waals surface area (Å²) in [6.45, 7) is 3.20. The highest BCUT2D eigenvalue weighted by Crippen LogP contribution is 2.17. The van der Waals surface area contributed by atoms with E-state index in [0.29, 0.717) is 22.1 Å². The third kappa shape index (κ3) is 2.45. The number of rotatable bonds is 3. The topological polar surface area (TPSA) is 76.9 Å². The molecule has 0 saturated carbocycles. The average molecular weight is 264 g/mol. The largest absolute Gasteiger partial charge is 0.298 e. The Morgan fingerprint density at radius 1 is 1.44 bits per heavy atom. The van der Waals surface area contributed by atoms with Gasteiger partial charge in [0.2, 0.25) is 0 Å². The predicted octanol–water partition coefficient (Wildman–Crippen LogP) is 1.64. The molecule has 0 aliphatic carbocycles.